The molecule has 0 radical (unpaired) electrons. The first-order chi connectivity index (χ1) is 12.6. The van der Waals surface area contributed by atoms with Gasteiger partial charge in [0.25, 0.3) is 0 Å². The van der Waals surface area contributed by atoms with Gasteiger partial charge in [0, 0.05) is 5.69 Å². The van der Waals surface area contributed by atoms with Crippen molar-refractivity contribution in [3.05, 3.63) is 58.4 Å². The summed E-state index contributed by atoms with van der Waals surface area (Å²) in [5.41, 5.74) is 2.52. The molecule has 0 fully saturated rings. The molecule has 0 saturated carbocycles. The van der Waals surface area contributed by atoms with Crippen LogP contribution in [0.15, 0.2) is 36.4 Å². The van der Waals surface area contributed by atoms with Crippen LogP contribution in [0.25, 0.3) is 0 Å². The van der Waals surface area contributed by atoms with Gasteiger partial charge in [-0.05, 0) is 49.6 Å². The number of amides is 1. The summed E-state index contributed by atoms with van der Waals surface area (Å²) in [4.78, 5) is 12.9. The highest BCUT2D eigenvalue weighted by atomic mass is 35.5. The number of halogens is 2. The monoisotopic (exact) mass is 412 g/mol. The number of aryl methyl sites for hydroxylation is 2. The molecular weight excluding hydrogens is 391 g/mol. The fourth-order valence-electron chi connectivity index (χ4n) is 2.90. The van der Waals surface area contributed by atoms with Crippen LogP contribution in [0.3, 0.4) is 0 Å². The minimum atomic E-state index is -3.83. The molecule has 0 spiro atoms. The third kappa shape index (κ3) is 4.78. The number of nitrogens with one attached hydrogen (secondary N) is 1. The molecule has 2 aromatic rings. The molecule has 0 aliphatic heterocycles. The number of anilines is 2. The molecule has 2 aromatic carbocycles. The van der Waals surface area contributed by atoms with Gasteiger partial charge in [0.2, 0.25) is 15.9 Å². The van der Waals surface area contributed by atoms with Crippen molar-refractivity contribution < 1.29 is 17.6 Å². The van der Waals surface area contributed by atoms with Crippen LogP contribution in [0.1, 0.15) is 24.5 Å². The summed E-state index contributed by atoms with van der Waals surface area (Å²) in [7, 11) is -3.83. The lowest BCUT2D eigenvalue weighted by Crippen LogP contribution is -2.47. The van der Waals surface area contributed by atoms with E-state index in [-0.39, 0.29) is 17.1 Å². The minimum Gasteiger partial charge on any atom is -0.324 e. The normalized spacial score (nSPS) is 12.5. The Morgan fingerprint density at radius 3 is 2.30 bits per heavy atom. The van der Waals surface area contributed by atoms with Gasteiger partial charge in [-0.2, -0.15) is 0 Å². The van der Waals surface area contributed by atoms with Gasteiger partial charge in [0.1, 0.15) is 11.9 Å². The van der Waals surface area contributed by atoms with Crippen molar-refractivity contribution >= 4 is 38.9 Å². The SMILES string of the molecule is CC[C@H](C(=O)Nc1c(C)cccc1C)N(c1ccc(F)c(Cl)c1)S(C)(=O)=O. The summed E-state index contributed by atoms with van der Waals surface area (Å²) in [5.74, 6) is -1.14. The Bertz CT molecular complexity index is 943. The predicted octanol–water partition coefficient (Wildman–Crippen LogP) is 4.28. The van der Waals surface area contributed by atoms with Crippen molar-refractivity contribution in [1.82, 2.24) is 0 Å². The molecule has 8 heteroatoms. The van der Waals surface area contributed by atoms with E-state index in [4.69, 9.17) is 11.6 Å². The summed E-state index contributed by atoms with van der Waals surface area (Å²) < 4.78 is 39.3. The molecule has 27 heavy (non-hydrogen) atoms. The zero-order chi connectivity index (χ0) is 20.4. The number of sulfonamides is 1. The molecule has 5 nitrogen and oxygen atoms in total. The zero-order valence-corrected chi connectivity index (χ0v) is 17.2. The van der Waals surface area contributed by atoms with Gasteiger partial charge in [-0.25, -0.2) is 12.8 Å². The highest BCUT2D eigenvalue weighted by molar-refractivity contribution is 7.92. The van der Waals surface area contributed by atoms with Gasteiger partial charge in [0.05, 0.1) is 17.0 Å². The van der Waals surface area contributed by atoms with Crippen molar-refractivity contribution in [2.24, 2.45) is 0 Å². The molecule has 0 heterocycles. The maximum absolute atomic E-state index is 13.5. The van der Waals surface area contributed by atoms with Crippen LogP contribution in [0.2, 0.25) is 5.02 Å². The predicted molar refractivity (Wildman–Crippen MR) is 107 cm³/mol. The van der Waals surface area contributed by atoms with Crippen LogP contribution in [-0.4, -0.2) is 26.6 Å². The number of hydrogen-bond donors (Lipinski definition) is 1. The Kier molecular flexibility index (Phi) is 6.49. The minimum absolute atomic E-state index is 0.132. The fourth-order valence-corrected chi connectivity index (χ4v) is 4.28. The topological polar surface area (TPSA) is 66.5 Å². The van der Waals surface area contributed by atoms with Crippen LogP contribution in [0.4, 0.5) is 15.8 Å². The van der Waals surface area contributed by atoms with E-state index in [1.807, 2.05) is 32.0 Å². The second kappa shape index (κ2) is 8.27. The maximum atomic E-state index is 13.5. The van der Waals surface area contributed by atoms with E-state index in [0.717, 1.165) is 27.8 Å². The Hall–Kier alpha value is -2.12. The molecule has 0 aliphatic rings. The first kappa shape index (κ1) is 21.2. The second-order valence-corrected chi connectivity index (χ2v) is 8.60. The standard InChI is InChI=1S/C19H22ClFN2O3S/c1-5-17(19(24)22-18-12(2)7-6-8-13(18)3)23(27(4,25)26)14-9-10-16(21)15(20)11-14/h6-11,17H,5H2,1-4H3,(H,22,24)/t17-/m1/s1. The molecule has 146 valence electrons. The number of para-hydroxylation sites is 1. The zero-order valence-electron chi connectivity index (χ0n) is 15.6. The fraction of sp³-hybridized carbons (Fsp3) is 0.316. The molecule has 0 saturated heterocycles. The molecule has 2 rings (SSSR count). The van der Waals surface area contributed by atoms with Crippen LogP contribution < -0.4 is 9.62 Å². The number of carbonyl (C=O) groups excluding carboxylic acids is 1. The number of nitrogens with zero attached hydrogens (tertiary/aromatic N) is 1. The van der Waals surface area contributed by atoms with Gasteiger partial charge >= 0.3 is 0 Å². The van der Waals surface area contributed by atoms with E-state index in [2.05, 4.69) is 5.32 Å². The van der Waals surface area contributed by atoms with E-state index in [1.54, 1.807) is 6.92 Å². The summed E-state index contributed by atoms with van der Waals surface area (Å²) in [6.07, 6.45) is 1.22. The smallest absolute Gasteiger partial charge is 0.248 e. The summed E-state index contributed by atoms with van der Waals surface area (Å²) >= 11 is 5.81. The van der Waals surface area contributed by atoms with Gasteiger partial charge in [-0.3, -0.25) is 9.10 Å². The van der Waals surface area contributed by atoms with E-state index in [0.29, 0.717) is 5.69 Å². The van der Waals surface area contributed by atoms with Gasteiger partial charge < -0.3 is 5.32 Å². The lowest BCUT2D eigenvalue weighted by atomic mass is 10.1. The Morgan fingerprint density at radius 1 is 1.22 bits per heavy atom. The highest BCUT2D eigenvalue weighted by Gasteiger charge is 2.32. The Morgan fingerprint density at radius 2 is 1.81 bits per heavy atom. The van der Waals surface area contributed by atoms with E-state index >= 15 is 0 Å². The number of hydrogen-bond acceptors (Lipinski definition) is 3. The van der Waals surface area contributed by atoms with Crippen LogP contribution >= 0.6 is 11.6 Å². The first-order valence-corrected chi connectivity index (χ1v) is 10.6. The summed E-state index contributed by atoms with van der Waals surface area (Å²) in [6, 6.07) is 8.15. The van der Waals surface area contributed by atoms with Gasteiger partial charge in [0.15, 0.2) is 0 Å². The maximum Gasteiger partial charge on any atom is 0.248 e. The molecule has 0 aliphatic carbocycles. The van der Waals surface area contributed by atoms with E-state index in [9.17, 15) is 17.6 Å². The lowest BCUT2D eigenvalue weighted by molar-refractivity contribution is -0.117. The van der Waals surface area contributed by atoms with Crippen molar-refractivity contribution in [2.45, 2.75) is 33.2 Å². The highest BCUT2D eigenvalue weighted by Crippen LogP contribution is 2.28. The van der Waals surface area contributed by atoms with E-state index < -0.39 is 27.8 Å². The molecule has 0 aromatic heterocycles. The number of rotatable bonds is 6. The molecule has 1 atom stereocenters. The lowest BCUT2D eigenvalue weighted by Gasteiger charge is -2.30. The van der Waals surface area contributed by atoms with Crippen molar-refractivity contribution in [3.63, 3.8) is 0 Å². The Labute approximate surface area is 164 Å². The number of carbonyl (C=O) groups is 1. The second-order valence-electron chi connectivity index (χ2n) is 6.34. The van der Waals surface area contributed by atoms with Crippen molar-refractivity contribution in [1.29, 1.82) is 0 Å². The number of benzene rings is 2. The van der Waals surface area contributed by atoms with E-state index in [1.165, 1.54) is 12.1 Å². The van der Waals surface area contributed by atoms with Crippen LogP contribution in [0, 0.1) is 19.7 Å². The quantitative estimate of drug-likeness (QED) is 0.770. The largest absolute Gasteiger partial charge is 0.324 e. The van der Waals surface area contributed by atoms with Crippen LogP contribution in [0.5, 0.6) is 0 Å². The average Bonchev–Trinajstić information content (AvgIpc) is 2.57. The molecule has 0 unspecified atom stereocenters. The third-order valence-electron chi connectivity index (χ3n) is 4.22. The van der Waals surface area contributed by atoms with Crippen LogP contribution in [-0.2, 0) is 14.8 Å². The van der Waals surface area contributed by atoms with Crippen molar-refractivity contribution in [3.8, 4) is 0 Å². The average molecular weight is 413 g/mol. The van der Waals surface area contributed by atoms with Gasteiger partial charge in [-0.1, -0.05) is 36.7 Å². The Balaban J connectivity index is 2.46. The third-order valence-corrected chi connectivity index (χ3v) is 5.69. The summed E-state index contributed by atoms with van der Waals surface area (Å²) in [5, 5.41) is 2.61. The molecule has 1 amide bonds. The molecule has 1 N–H and O–H groups in total. The first-order valence-electron chi connectivity index (χ1n) is 8.37. The van der Waals surface area contributed by atoms with Crippen molar-refractivity contribution in [2.75, 3.05) is 15.9 Å². The summed E-state index contributed by atoms with van der Waals surface area (Å²) in [6.45, 7) is 5.42. The van der Waals surface area contributed by atoms with Gasteiger partial charge in [-0.15, -0.1) is 0 Å². The molecular formula is C19H22ClFN2O3S. The molecule has 0 bridgehead atoms.